The van der Waals surface area contributed by atoms with E-state index >= 15 is 0 Å². The highest BCUT2D eigenvalue weighted by Crippen LogP contribution is 2.34. The lowest BCUT2D eigenvalue weighted by Crippen LogP contribution is -2.10. The molecule has 6 nitrogen and oxygen atoms in total. The Morgan fingerprint density at radius 2 is 1.77 bits per heavy atom. The number of aliphatic hydroxyl groups is 1. The molecule has 0 unspecified atom stereocenters. The first-order valence-corrected chi connectivity index (χ1v) is 9.50. The molecule has 2 aromatic carbocycles. The van der Waals surface area contributed by atoms with E-state index in [0.717, 1.165) is 5.56 Å². The molecular formula is C23H18ClNO5. The molecular weight excluding hydrogens is 406 g/mol. The zero-order valence-corrected chi connectivity index (χ0v) is 16.8. The average molecular weight is 424 g/mol. The van der Waals surface area contributed by atoms with E-state index in [1.165, 1.54) is 7.11 Å². The van der Waals surface area contributed by atoms with E-state index in [4.69, 9.17) is 25.2 Å². The molecule has 0 aliphatic rings. The van der Waals surface area contributed by atoms with Gasteiger partial charge in [0.15, 0.2) is 5.76 Å². The second-order valence-electron chi connectivity index (χ2n) is 6.46. The molecule has 1 amide bonds. The van der Waals surface area contributed by atoms with Crippen LogP contribution in [0.2, 0.25) is 5.02 Å². The lowest BCUT2D eigenvalue weighted by Gasteiger charge is -2.10. The first-order valence-electron chi connectivity index (χ1n) is 9.12. The summed E-state index contributed by atoms with van der Waals surface area (Å²) >= 11 is 5.91. The van der Waals surface area contributed by atoms with Crippen LogP contribution in [0.1, 0.15) is 16.3 Å². The molecule has 4 rings (SSSR count). The van der Waals surface area contributed by atoms with Crippen LogP contribution in [-0.4, -0.2) is 18.1 Å². The number of carbonyl (C=O) groups excluding carboxylic acids is 1. The number of amides is 1. The van der Waals surface area contributed by atoms with Gasteiger partial charge in [-0.05, 0) is 60.7 Å². The standard InChI is InChI=1S/C23H18ClNO5/c1-28-22-12-16(6-8-18(22)20-9-7-17(13-26)29-20)25-23(27)21-11-10-19(30-21)14-2-4-15(24)5-3-14/h2-12,26H,13H2,1H3,(H,25,27). The predicted molar refractivity (Wildman–Crippen MR) is 114 cm³/mol. The molecule has 0 aliphatic heterocycles. The van der Waals surface area contributed by atoms with Crippen LogP contribution in [0.5, 0.6) is 5.75 Å². The molecule has 0 fully saturated rings. The number of nitrogens with one attached hydrogen (secondary N) is 1. The van der Waals surface area contributed by atoms with Gasteiger partial charge in [-0.3, -0.25) is 4.79 Å². The van der Waals surface area contributed by atoms with E-state index in [2.05, 4.69) is 5.32 Å². The lowest BCUT2D eigenvalue weighted by atomic mass is 10.1. The fraction of sp³-hybridized carbons (Fsp3) is 0.0870. The van der Waals surface area contributed by atoms with Gasteiger partial charge < -0.3 is 24.0 Å². The topological polar surface area (TPSA) is 84.8 Å². The molecule has 152 valence electrons. The fourth-order valence-corrected chi connectivity index (χ4v) is 3.13. The SMILES string of the molecule is COc1cc(NC(=O)c2ccc(-c3ccc(Cl)cc3)o2)ccc1-c1ccc(CO)o1. The number of anilines is 1. The maximum Gasteiger partial charge on any atom is 0.291 e. The number of hydrogen-bond acceptors (Lipinski definition) is 5. The summed E-state index contributed by atoms with van der Waals surface area (Å²) in [6, 6.07) is 19.2. The first kappa shape index (κ1) is 19.8. The van der Waals surface area contributed by atoms with Crippen molar-refractivity contribution in [1.82, 2.24) is 0 Å². The summed E-state index contributed by atoms with van der Waals surface area (Å²) in [6.07, 6.45) is 0. The second-order valence-corrected chi connectivity index (χ2v) is 6.90. The molecule has 2 heterocycles. The number of furan rings is 2. The number of ether oxygens (including phenoxy) is 1. The van der Waals surface area contributed by atoms with Crippen molar-refractivity contribution in [2.24, 2.45) is 0 Å². The van der Waals surface area contributed by atoms with E-state index in [1.807, 2.05) is 12.1 Å². The van der Waals surface area contributed by atoms with Gasteiger partial charge in [0.25, 0.3) is 5.91 Å². The highest BCUT2D eigenvalue weighted by Gasteiger charge is 2.15. The van der Waals surface area contributed by atoms with Crippen LogP contribution in [0.15, 0.2) is 75.6 Å². The van der Waals surface area contributed by atoms with Crippen LogP contribution >= 0.6 is 11.6 Å². The predicted octanol–water partition coefficient (Wildman–Crippen LogP) is 5.61. The minimum Gasteiger partial charge on any atom is -0.496 e. The fourth-order valence-electron chi connectivity index (χ4n) is 3.00. The Morgan fingerprint density at radius 1 is 1.00 bits per heavy atom. The summed E-state index contributed by atoms with van der Waals surface area (Å²) in [6.45, 7) is -0.183. The Kier molecular flexibility index (Phi) is 5.61. The van der Waals surface area contributed by atoms with Crippen molar-refractivity contribution < 1.29 is 23.5 Å². The van der Waals surface area contributed by atoms with E-state index in [0.29, 0.717) is 39.3 Å². The van der Waals surface area contributed by atoms with Crippen molar-refractivity contribution in [3.8, 4) is 28.4 Å². The first-order chi connectivity index (χ1) is 14.6. The molecule has 0 bridgehead atoms. The van der Waals surface area contributed by atoms with Crippen molar-refractivity contribution >= 4 is 23.2 Å². The summed E-state index contributed by atoms with van der Waals surface area (Å²) in [5.41, 5.74) is 2.07. The van der Waals surface area contributed by atoms with Crippen molar-refractivity contribution in [1.29, 1.82) is 0 Å². The minimum absolute atomic E-state index is 0.182. The molecule has 0 saturated heterocycles. The number of carbonyl (C=O) groups is 1. The normalized spacial score (nSPS) is 10.8. The minimum atomic E-state index is -0.384. The Bertz CT molecular complexity index is 1180. The van der Waals surface area contributed by atoms with Gasteiger partial charge in [0, 0.05) is 22.3 Å². The second kappa shape index (κ2) is 8.49. The molecule has 30 heavy (non-hydrogen) atoms. The summed E-state index contributed by atoms with van der Waals surface area (Å²) in [4.78, 5) is 12.6. The molecule has 4 aromatic rings. The smallest absolute Gasteiger partial charge is 0.291 e. The molecule has 0 spiro atoms. The molecule has 0 atom stereocenters. The number of hydrogen-bond donors (Lipinski definition) is 2. The van der Waals surface area contributed by atoms with Crippen LogP contribution < -0.4 is 10.1 Å². The van der Waals surface area contributed by atoms with Gasteiger partial charge in [0.2, 0.25) is 0 Å². The maximum atomic E-state index is 12.6. The third-order valence-electron chi connectivity index (χ3n) is 4.50. The van der Waals surface area contributed by atoms with Gasteiger partial charge in [-0.15, -0.1) is 0 Å². The maximum absolute atomic E-state index is 12.6. The summed E-state index contributed by atoms with van der Waals surface area (Å²) in [5.74, 6) is 1.91. The molecule has 2 aromatic heterocycles. The Morgan fingerprint density at radius 3 is 2.47 bits per heavy atom. The molecule has 0 radical (unpaired) electrons. The van der Waals surface area contributed by atoms with Crippen molar-refractivity contribution in [3.63, 3.8) is 0 Å². The monoisotopic (exact) mass is 423 g/mol. The van der Waals surface area contributed by atoms with Gasteiger partial charge in [0.05, 0.1) is 12.7 Å². The zero-order valence-electron chi connectivity index (χ0n) is 16.0. The molecule has 0 aliphatic carbocycles. The number of aliphatic hydroxyl groups excluding tert-OH is 1. The van der Waals surface area contributed by atoms with Crippen LogP contribution in [0, 0.1) is 0 Å². The van der Waals surface area contributed by atoms with E-state index in [9.17, 15) is 9.90 Å². The highest BCUT2D eigenvalue weighted by atomic mass is 35.5. The average Bonchev–Trinajstić information content (AvgIpc) is 3.44. The number of methoxy groups -OCH3 is 1. The van der Waals surface area contributed by atoms with Crippen LogP contribution in [0.3, 0.4) is 0 Å². The third kappa shape index (κ3) is 4.10. The number of halogens is 1. The summed E-state index contributed by atoms with van der Waals surface area (Å²) in [5, 5.41) is 12.6. The Balaban J connectivity index is 1.52. The largest absolute Gasteiger partial charge is 0.496 e. The molecule has 0 saturated carbocycles. The van der Waals surface area contributed by atoms with Crippen LogP contribution in [0.25, 0.3) is 22.6 Å². The highest BCUT2D eigenvalue weighted by molar-refractivity contribution is 6.30. The number of benzene rings is 2. The van der Waals surface area contributed by atoms with Gasteiger partial charge >= 0.3 is 0 Å². The Labute approximate surface area is 177 Å². The van der Waals surface area contributed by atoms with Crippen LogP contribution in [0.4, 0.5) is 5.69 Å². The van der Waals surface area contributed by atoms with Gasteiger partial charge in [-0.25, -0.2) is 0 Å². The van der Waals surface area contributed by atoms with E-state index in [1.54, 1.807) is 54.6 Å². The summed E-state index contributed by atoms with van der Waals surface area (Å²) < 4.78 is 16.7. The van der Waals surface area contributed by atoms with Crippen molar-refractivity contribution in [2.45, 2.75) is 6.61 Å². The third-order valence-corrected chi connectivity index (χ3v) is 4.75. The molecule has 2 N–H and O–H groups in total. The van der Waals surface area contributed by atoms with E-state index < -0.39 is 0 Å². The molecule has 7 heteroatoms. The lowest BCUT2D eigenvalue weighted by molar-refractivity contribution is 0.0997. The number of rotatable bonds is 6. The van der Waals surface area contributed by atoms with Crippen LogP contribution in [-0.2, 0) is 6.61 Å². The van der Waals surface area contributed by atoms with Gasteiger partial charge in [0.1, 0.15) is 29.6 Å². The van der Waals surface area contributed by atoms with Crippen molar-refractivity contribution in [3.05, 3.63) is 83.3 Å². The van der Waals surface area contributed by atoms with Crippen molar-refractivity contribution in [2.75, 3.05) is 12.4 Å². The Hall–Kier alpha value is -3.48. The quantitative estimate of drug-likeness (QED) is 0.421. The van der Waals surface area contributed by atoms with E-state index in [-0.39, 0.29) is 18.3 Å². The van der Waals surface area contributed by atoms with Gasteiger partial charge in [-0.1, -0.05) is 11.6 Å². The summed E-state index contributed by atoms with van der Waals surface area (Å²) in [7, 11) is 1.53. The zero-order chi connectivity index (χ0) is 21.1. The van der Waals surface area contributed by atoms with Gasteiger partial charge in [-0.2, -0.15) is 0 Å².